The Morgan fingerprint density at radius 1 is 1.31 bits per heavy atom. The molecule has 3 aromatic rings. The third-order valence-corrected chi connectivity index (χ3v) is 4.98. The van der Waals surface area contributed by atoms with Crippen LogP contribution in [0.2, 0.25) is 0 Å². The van der Waals surface area contributed by atoms with E-state index in [0.717, 1.165) is 17.8 Å². The van der Waals surface area contributed by atoms with Crippen LogP contribution in [0.4, 0.5) is 14.5 Å². The minimum atomic E-state index is -0.855. The summed E-state index contributed by atoms with van der Waals surface area (Å²) in [6.07, 6.45) is 1.65. The lowest BCUT2D eigenvalue weighted by molar-refractivity contribution is -0.113. The number of aromatic nitrogens is 4. The molecule has 134 valence electrons. The van der Waals surface area contributed by atoms with Crippen molar-refractivity contribution in [1.82, 2.24) is 19.7 Å². The van der Waals surface area contributed by atoms with Crippen molar-refractivity contribution >= 4 is 39.3 Å². The fourth-order valence-electron chi connectivity index (χ4n) is 2.13. The predicted octanol–water partition coefficient (Wildman–Crippen LogP) is 3.65. The Bertz CT molecular complexity index is 928. The molecular weight excluding hydrogens is 428 g/mol. The number of carbonyl (C=O) groups excluding carboxylic acids is 1. The lowest BCUT2D eigenvalue weighted by Crippen LogP contribution is -2.16. The zero-order valence-corrected chi connectivity index (χ0v) is 15.8. The van der Waals surface area contributed by atoms with Gasteiger partial charge >= 0.3 is 0 Å². The minimum absolute atomic E-state index is 0.0164. The standard InChI is InChI=1S/C16H12BrF2N5OS/c1-24-15(12-4-2-3-5-20-12)22-23-16(24)26-8-13(25)21-14-10(17)6-9(18)7-11(14)19/h2-7H,8H2,1H3,(H,21,25). The lowest BCUT2D eigenvalue weighted by Gasteiger charge is -2.08. The monoisotopic (exact) mass is 439 g/mol. The molecule has 2 aromatic heterocycles. The minimum Gasteiger partial charge on any atom is -0.322 e. The number of nitrogens with one attached hydrogen (secondary N) is 1. The van der Waals surface area contributed by atoms with Crippen molar-refractivity contribution in [1.29, 1.82) is 0 Å². The summed E-state index contributed by atoms with van der Waals surface area (Å²) in [6, 6.07) is 7.22. The van der Waals surface area contributed by atoms with Gasteiger partial charge in [0.05, 0.1) is 11.4 Å². The first-order valence-electron chi connectivity index (χ1n) is 7.33. The molecule has 26 heavy (non-hydrogen) atoms. The molecule has 1 aromatic carbocycles. The van der Waals surface area contributed by atoms with Crippen molar-refractivity contribution in [3.8, 4) is 11.5 Å². The van der Waals surface area contributed by atoms with Gasteiger partial charge in [-0.1, -0.05) is 17.8 Å². The van der Waals surface area contributed by atoms with Gasteiger partial charge in [-0.2, -0.15) is 0 Å². The average molecular weight is 440 g/mol. The molecule has 0 unspecified atom stereocenters. The predicted molar refractivity (Wildman–Crippen MR) is 97.6 cm³/mol. The molecule has 0 aliphatic heterocycles. The van der Waals surface area contributed by atoms with Crippen LogP contribution in [0.1, 0.15) is 0 Å². The van der Waals surface area contributed by atoms with Crippen LogP contribution in [0.5, 0.6) is 0 Å². The number of nitrogens with zero attached hydrogens (tertiary/aromatic N) is 4. The number of hydrogen-bond acceptors (Lipinski definition) is 5. The molecule has 0 aliphatic carbocycles. The molecule has 0 saturated heterocycles. The van der Waals surface area contributed by atoms with Crippen LogP contribution in [0.25, 0.3) is 11.5 Å². The van der Waals surface area contributed by atoms with E-state index >= 15 is 0 Å². The molecule has 0 fully saturated rings. The Kier molecular flexibility index (Phi) is 5.62. The zero-order chi connectivity index (χ0) is 18.7. The average Bonchev–Trinajstić information content (AvgIpc) is 2.98. The number of carbonyl (C=O) groups is 1. The van der Waals surface area contributed by atoms with Crippen LogP contribution in [0.3, 0.4) is 0 Å². The smallest absolute Gasteiger partial charge is 0.234 e. The van der Waals surface area contributed by atoms with Crippen molar-refractivity contribution in [2.24, 2.45) is 7.05 Å². The molecule has 1 amide bonds. The van der Waals surface area contributed by atoms with Crippen LogP contribution < -0.4 is 5.32 Å². The van der Waals surface area contributed by atoms with Gasteiger partial charge in [-0.3, -0.25) is 9.78 Å². The zero-order valence-electron chi connectivity index (χ0n) is 13.4. The van der Waals surface area contributed by atoms with Crippen molar-refractivity contribution in [3.63, 3.8) is 0 Å². The van der Waals surface area contributed by atoms with Crippen LogP contribution in [0, 0.1) is 11.6 Å². The van der Waals surface area contributed by atoms with Crippen LogP contribution >= 0.6 is 27.7 Å². The summed E-state index contributed by atoms with van der Waals surface area (Å²) in [4.78, 5) is 16.3. The van der Waals surface area contributed by atoms with Crippen molar-refractivity contribution in [2.45, 2.75) is 5.16 Å². The quantitative estimate of drug-likeness (QED) is 0.614. The van der Waals surface area contributed by atoms with E-state index in [-0.39, 0.29) is 15.9 Å². The van der Waals surface area contributed by atoms with E-state index in [4.69, 9.17) is 0 Å². The van der Waals surface area contributed by atoms with Gasteiger partial charge in [0, 0.05) is 23.8 Å². The maximum Gasteiger partial charge on any atom is 0.234 e. The number of benzene rings is 1. The number of amides is 1. The van der Waals surface area contributed by atoms with E-state index in [2.05, 4.69) is 36.4 Å². The third kappa shape index (κ3) is 4.07. The Morgan fingerprint density at radius 2 is 2.12 bits per heavy atom. The topological polar surface area (TPSA) is 72.7 Å². The van der Waals surface area contributed by atoms with Gasteiger partial charge in [0.15, 0.2) is 16.8 Å². The number of rotatable bonds is 5. The van der Waals surface area contributed by atoms with Crippen LogP contribution in [0.15, 0.2) is 46.2 Å². The summed E-state index contributed by atoms with van der Waals surface area (Å²) in [6.45, 7) is 0. The summed E-state index contributed by atoms with van der Waals surface area (Å²) >= 11 is 4.17. The highest BCUT2D eigenvalue weighted by atomic mass is 79.9. The molecule has 2 heterocycles. The second-order valence-electron chi connectivity index (χ2n) is 5.16. The summed E-state index contributed by atoms with van der Waals surface area (Å²) < 4.78 is 28.7. The second kappa shape index (κ2) is 7.92. The van der Waals surface area contributed by atoms with Gasteiger partial charge in [0.1, 0.15) is 11.5 Å². The van der Waals surface area contributed by atoms with E-state index < -0.39 is 17.5 Å². The van der Waals surface area contributed by atoms with Gasteiger partial charge in [-0.05, 0) is 34.1 Å². The second-order valence-corrected chi connectivity index (χ2v) is 6.96. The maximum atomic E-state index is 13.8. The molecule has 3 rings (SSSR count). The van der Waals surface area contributed by atoms with Crippen molar-refractivity contribution < 1.29 is 13.6 Å². The van der Waals surface area contributed by atoms with E-state index in [0.29, 0.717) is 22.7 Å². The van der Waals surface area contributed by atoms with Gasteiger partial charge in [-0.25, -0.2) is 8.78 Å². The molecule has 1 N–H and O–H groups in total. The number of hydrogen-bond donors (Lipinski definition) is 1. The molecule has 6 nitrogen and oxygen atoms in total. The molecule has 0 spiro atoms. The Labute approximate surface area is 160 Å². The fraction of sp³-hybridized carbons (Fsp3) is 0.125. The Hall–Kier alpha value is -2.33. The van der Waals surface area contributed by atoms with E-state index in [1.54, 1.807) is 29.9 Å². The fourth-order valence-corrected chi connectivity index (χ4v) is 3.34. The first-order valence-corrected chi connectivity index (χ1v) is 9.11. The Balaban J connectivity index is 1.67. The first-order chi connectivity index (χ1) is 12.5. The molecule has 10 heteroatoms. The van der Waals surface area contributed by atoms with Gasteiger partial charge < -0.3 is 9.88 Å². The van der Waals surface area contributed by atoms with Crippen LogP contribution in [-0.4, -0.2) is 31.4 Å². The van der Waals surface area contributed by atoms with Crippen LogP contribution in [-0.2, 0) is 11.8 Å². The van der Waals surface area contributed by atoms with Crippen molar-refractivity contribution in [3.05, 3.63) is 52.6 Å². The summed E-state index contributed by atoms with van der Waals surface area (Å²) in [5.74, 6) is -1.49. The largest absolute Gasteiger partial charge is 0.322 e. The summed E-state index contributed by atoms with van der Waals surface area (Å²) in [5.41, 5.74) is 0.556. The van der Waals surface area contributed by atoms with E-state index in [1.165, 1.54) is 0 Å². The number of thioether (sulfide) groups is 1. The molecular formula is C16H12BrF2N5OS. The highest BCUT2D eigenvalue weighted by Gasteiger charge is 2.16. The Morgan fingerprint density at radius 3 is 2.81 bits per heavy atom. The normalized spacial score (nSPS) is 10.8. The molecule has 0 saturated carbocycles. The van der Waals surface area contributed by atoms with E-state index in [9.17, 15) is 13.6 Å². The molecule has 0 radical (unpaired) electrons. The van der Waals surface area contributed by atoms with Crippen molar-refractivity contribution in [2.75, 3.05) is 11.1 Å². The highest BCUT2D eigenvalue weighted by Crippen LogP contribution is 2.27. The lowest BCUT2D eigenvalue weighted by atomic mass is 10.3. The maximum absolute atomic E-state index is 13.8. The van der Waals surface area contributed by atoms with E-state index in [1.807, 2.05) is 6.07 Å². The molecule has 0 atom stereocenters. The molecule has 0 aliphatic rings. The summed E-state index contributed by atoms with van der Waals surface area (Å²) in [5, 5.41) is 11.0. The third-order valence-electron chi connectivity index (χ3n) is 3.33. The first kappa shape index (κ1) is 18.5. The van der Waals surface area contributed by atoms with Gasteiger partial charge in [0.25, 0.3) is 0 Å². The summed E-state index contributed by atoms with van der Waals surface area (Å²) in [7, 11) is 1.76. The van der Waals surface area contributed by atoms with Gasteiger partial charge in [-0.15, -0.1) is 10.2 Å². The molecule has 0 bridgehead atoms. The SMILES string of the molecule is Cn1c(SCC(=O)Nc2c(F)cc(F)cc2Br)nnc1-c1ccccn1. The highest BCUT2D eigenvalue weighted by molar-refractivity contribution is 9.10. The number of pyridine rings is 1. The number of anilines is 1. The van der Waals surface area contributed by atoms with Gasteiger partial charge in [0.2, 0.25) is 5.91 Å². The number of halogens is 3.